The molecule has 2 aromatic carbocycles. The van der Waals surface area contributed by atoms with Crippen molar-refractivity contribution in [2.75, 3.05) is 0 Å². The van der Waals surface area contributed by atoms with Gasteiger partial charge in [0.15, 0.2) is 0 Å². The first-order valence-electron chi connectivity index (χ1n) is 5.70. The zero-order chi connectivity index (χ0) is 14.0. The second-order valence-corrected chi connectivity index (χ2v) is 4.46. The van der Waals surface area contributed by atoms with Gasteiger partial charge in [-0.15, -0.1) is 0 Å². The number of carbonyl (C=O) groups is 2. The summed E-state index contributed by atoms with van der Waals surface area (Å²) in [5.74, 6) is -1.52. The molecule has 1 aliphatic heterocycles. The Hall–Kier alpha value is -3.02. The minimum Gasteiger partial charge on any atom is -0.386 e. The summed E-state index contributed by atoms with van der Waals surface area (Å²) >= 11 is 0. The van der Waals surface area contributed by atoms with E-state index in [-0.39, 0.29) is 21.9 Å². The van der Waals surface area contributed by atoms with Gasteiger partial charge in [0.25, 0.3) is 0 Å². The monoisotopic (exact) mass is 268 g/mol. The molecule has 0 radical (unpaired) electrons. The third-order valence-electron chi connectivity index (χ3n) is 3.41. The first-order chi connectivity index (χ1) is 9.56. The average Bonchev–Trinajstić information content (AvgIpc) is 2.55. The Labute approximate surface area is 109 Å². The molecule has 96 valence electrons. The Morgan fingerprint density at radius 1 is 0.650 bits per heavy atom. The summed E-state index contributed by atoms with van der Waals surface area (Å²) < 4.78 is 9.16. The molecule has 0 unspecified atom stereocenters. The van der Waals surface area contributed by atoms with Crippen molar-refractivity contribution in [3.8, 4) is 0 Å². The lowest BCUT2D eigenvalue weighted by molar-refractivity contribution is 0.0444. The highest BCUT2D eigenvalue weighted by Gasteiger charge is 2.30. The van der Waals surface area contributed by atoms with E-state index >= 15 is 0 Å². The Morgan fingerprint density at radius 3 is 1.55 bits per heavy atom. The van der Waals surface area contributed by atoms with Crippen LogP contribution < -0.4 is 11.3 Å². The number of hydrogen-bond acceptors (Lipinski definition) is 6. The highest BCUT2D eigenvalue weighted by Crippen LogP contribution is 2.29. The van der Waals surface area contributed by atoms with Gasteiger partial charge in [0.1, 0.15) is 0 Å². The van der Waals surface area contributed by atoms with Crippen LogP contribution in [0.5, 0.6) is 0 Å². The summed E-state index contributed by atoms with van der Waals surface area (Å²) in [6.07, 6.45) is 0. The molecule has 0 aliphatic carbocycles. The van der Waals surface area contributed by atoms with Crippen LogP contribution in [0.25, 0.3) is 21.5 Å². The normalized spacial score (nSPS) is 14.0. The summed E-state index contributed by atoms with van der Waals surface area (Å²) in [6.45, 7) is 0. The van der Waals surface area contributed by atoms with E-state index in [1.807, 2.05) is 0 Å². The summed E-state index contributed by atoms with van der Waals surface area (Å²) in [6, 6.07) is 5.69. The van der Waals surface area contributed by atoms with E-state index in [2.05, 4.69) is 9.15 Å². The van der Waals surface area contributed by atoms with Gasteiger partial charge in [-0.3, -0.25) is 0 Å². The van der Waals surface area contributed by atoms with Gasteiger partial charge in [-0.05, 0) is 35.0 Å². The van der Waals surface area contributed by atoms with Gasteiger partial charge in [-0.1, -0.05) is 0 Å². The summed E-state index contributed by atoms with van der Waals surface area (Å²) in [7, 11) is 0. The fourth-order valence-electron chi connectivity index (χ4n) is 2.47. The van der Waals surface area contributed by atoms with E-state index < -0.39 is 23.2 Å². The fourth-order valence-corrected chi connectivity index (χ4v) is 2.47. The number of benzene rings is 2. The molecule has 2 aromatic heterocycles. The number of cyclic esters (lactones) is 2. The van der Waals surface area contributed by atoms with Crippen molar-refractivity contribution in [2.45, 2.75) is 0 Å². The van der Waals surface area contributed by atoms with Gasteiger partial charge >= 0.3 is 23.2 Å². The van der Waals surface area contributed by atoms with Crippen molar-refractivity contribution in [1.29, 1.82) is 0 Å². The van der Waals surface area contributed by atoms with E-state index in [0.29, 0.717) is 10.8 Å². The standard InChI is InChI=1S/C14H4O6/c15-11-5-1-2-6(12(16)19-11)8-4-10-9(3-7(5)8)13(17)20-14(10)18/h1-4H. The lowest BCUT2D eigenvalue weighted by Gasteiger charge is -2.00. The van der Waals surface area contributed by atoms with Crippen LogP contribution in [-0.2, 0) is 4.74 Å². The van der Waals surface area contributed by atoms with Crippen molar-refractivity contribution in [3.05, 3.63) is 56.2 Å². The quantitative estimate of drug-likeness (QED) is 0.447. The van der Waals surface area contributed by atoms with Crippen molar-refractivity contribution in [2.24, 2.45) is 0 Å². The number of hydrogen-bond donors (Lipinski definition) is 0. The lowest BCUT2D eigenvalue weighted by atomic mass is 9.99. The maximum atomic E-state index is 11.8. The van der Waals surface area contributed by atoms with Crippen LogP contribution in [-0.4, -0.2) is 11.9 Å². The third kappa shape index (κ3) is 1.17. The second kappa shape index (κ2) is 3.30. The maximum absolute atomic E-state index is 11.8. The molecule has 0 spiro atoms. The number of ether oxygens (including phenoxy) is 1. The van der Waals surface area contributed by atoms with Crippen LogP contribution >= 0.6 is 0 Å². The molecule has 0 amide bonds. The molecule has 20 heavy (non-hydrogen) atoms. The first kappa shape index (κ1) is 10.9. The first-order valence-corrected chi connectivity index (χ1v) is 5.70. The molecule has 0 atom stereocenters. The average molecular weight is 268 g/mol. The van der Waals surface area contributed by atoms with Gasteiger partial charge in [-0.25, -0.2) is 19.2 Å². The zero-order valence-electron chi connectivity index (χ0n) is 9.76. The van der Waals surface area contributed by atoms with Crippen LogP contribution in [0.2, 0.25) is 0 Å². The molecule has 4 aromatic rings. The van der Waals surface area contributed by atoms with Crippen LogP contribution in [0.4, 0.5) is 0 Å². The zero-order valence-corrected chi connectivity index (χ0v) is 9.76. The SMILES string of the molecule is O=C1OC(=O)c2cc3c4ccc(c(=O)oc4=O)c3cc21. The molecule has 6 nitrogen and oxygen atoms in total. The molecule has 6 heteroatoms. The van der Waals surface area contributed by atoms with E-state index in [4.69, 9.17) is 0 Å². The predicted octanol–water partition coefficient (Wildman–Crippen LogP) is 1.05. The third-order valence-corrected chi connectivity index (χ3v) is 3.41. The van der Waals surface area contributed by atoms with Gasteiger partial charge in [0.2, 0.25) is 0 Å². The number of fused-ring (bicyclic) bond motifs is 4. The number of rotatable bonds is 0. The highest BCUT2D eigenvalue weighted by molar-refractivity contribution is 6.20. The smallest absolute Gasteiger partial charge is 0.346 e. The number of carbonyl (C=O) groups excluding carboxylic acids is 2. The Kier molecular flexibility index (Phi) is 1.79. The second-order valence-electron chi connectivity index (χ2n) is 4.46. The molecule has 3 heterocycles. The summed E-state index contributed by atoms with van der Waals surface area (Å²) in [5, 5.41) is 1.13. The van der Waals surface area contributed by atoms with Crippen molar-refractivity contribution >= 4 is 33.5 Å². The van der Waals surface area contributed by atoms with Gasteiger partial charge in [0.05, 0.1) is 21.9 Å². The molecule has 1 aliphatic rings. The molecule has 0 N–H and O–H groups in total. The van der Waals surface area contributed by atoms with Crippen molar-refractivity contribution < 1.29 is 18.7 Å². The minimum absolute atomic E-state index is 0.0862. The van der Waals surface area contributed by atoms with E-state index in [1.165, 1.54) is 24.3 Å². The highest BCUT2D eigenvalue weighted by atomic mass is 16.6. The van der Waals surface area contributed by atoms with Crippen LogP contribution in [0.3, 0.4) is 0 Å². The van der Waals surface area contributed by atoms with Crippen molar-refractivity contribution in [1.82, 2.24) is 0 Å². The van der Waals surface area contributed by atoms with Crippen LogP contribution in [0.15, 0.2) is 38.3 Å². The molecular weight excluding hydrogens is 264 g/mol. The Morgan fingerprint density at radius 2 is 1.10 bits per heavy atom. The minimum atomic E-state index is -0.780. The van der Waals surface area contributed by atoms with E-state index in [1.54, 1.807) is 0 Å². The summed E-state index contributed by atoms with van der Waals surface area (Å²) in [4.78, 5) is 46.6. The van der Waals surface area contributed by atoms with Gasteiger partial charge in [0, 0.05) is 0 Å². The Balaban J connectivity index is 2.36. The van der Waals surface area contributed by atoms with Crippen LogP contribution in [0.1, 0.15) is 20.7 Å². The Bertz CT molecular complexity index is 962. The topological polar surface area (TPSA) is 90.7 Å². The van der Waals surface area contributed by atoms with Crippen molar-refractivity contribution in [3.63, 3.8) is 0 Å². The van der Waals surface area contributed by atoms with Crippen LogP contribution in [0, 0.1) is 0 Å². The molecule has 0 saturated heterocycles. The lowest BCUT2D eigenvalue weighted by Crippen LogP contribution is -2.02. The van der Waals surface area contributed by atoms with Gasteiger partial charge < -0.3 is 9.15 Å². The predicted molar refractivity (Wildman–Crippen MR) is 67.2 cm³/mol. The van der Waals surface area contributed by atoms with E-state index in [9.17, 15) is 19.2 Å². The molecule has 0 saturated carbocycles. The molecule has 2 bridgehead atoms. The summed E-state index contributed by atoms with van der Waals surface area (Å²) in [5.41, 5.74) is -1.39. The van der Waals surface area contributed by atoms with Gasteiger partial charge in [-0.2, -0.15) is 0 Å². The molecule has 5 rings (SSSR count). The molecular formula is C14H4O6. The fraction of sp³-hybridized carbons (Fsp3) is 0. The molecule has 0 fully saturated rings. The number of esters is 2. The largest absolute Gasteiger partial charge is 0.386 e. The maximum Gasteiger partial charge on any atom is 0.346 e. The van der Waals surface area contributed by atoms with E-state index in [0.717, 1.165) is 0 Å².